The molecule has 0 amide bonds. The molecule has 1 aliphatic heterocycles. The van der Waals surface area contributed by atoms with Gasteiger partial charge in [-0.3, -0.25) is 0 Å². The zero-order chi connectivity index (χ0) is 26.7. The monoisotopic (exact) mass is 571 g/mol. The van der Waals surface area contributed by atoms with Gasteiger partial charge in [-0.05, 0) is 53.5 Å². The molecule has 2 aromatic rings. The van der Waals surface area contributed by atoms with E-state index in [1.54, 1.807) is 18.2 Å². The Hall–Kier alpha value is -1.92. The van der Waals surface area contributed by atoms with Crippen LogP contribution in [0.25, 0.3) is 10.4 Å². The van der Waals surface area contributed by atoms with Crippen LogP contribution in [0.2, 0.25) is 10.0 Å². The number of nitrogens with zero attached hydrogens (tertiary/aromatic N) is 4. The summed E-state index contributed by atoms with van der Waals surface area (Å²) in [5.41, 5.74) is 11.3. The lowest BCUT2D eigenvalue weighted by molar-refractivity contribution is 0.0171. The minimum Gasteiger partial charge on any atom is -0.379 e. The molecule has 1 atom stereocenters. The van der Waals surface area contributed by atoms with E-state index in [0.717, 1.165) is 29.8 Å². The molecule has 0 aliphatic carbocycles. The lowest BCUT2D eigenvalue weighted by Gasteiger charge is -2.33. The molecule has 37 heavy (non-hydrogen) atoms. The molecular weight excluding hydrogens is 541 g/mol. The molecule has 13 heteroatoms. The minimum absolute atomic E-state index is 0.0366. The molecular formula is C24H31Cl2N5O5S. The summed E-state index contributed by atoms with van der Waals surface area (Å²) >= 11 is 12.7. The van der Waals surface area contributed by atoms with Crippen LogP contribution in [0.1, 0.15) is 22.6 Å². The highest BCUT2D eigenvalue weighted by Gasteiger charge is 2.27. The summed E-state index contributed by atoms with van der Waals surface area (Å²) in [6.45, 7) is 4.00. The van der Waals surface area contributed by atoms with Crippen molar-refractivity contribution in [1.82, 2.24) is 9.62 Å². The van der Waals surface area contributed by atoms with E-state index >= 15 is 0 Å². The molecule has 0 saturated carbocycles. The Morgan fingerprint density at radius 2 is 1.70 bits per heavy atom. The predicted octanol–water partition coefficient (Wildman–Crippen LogP) is 4.21. The zero-order valence-electron chi connectivity index (χ0n) is 20.6. The first-order chi connectivity index (χ1) is 17.8. The number of hydrogen-bond acceptors (Lipinski definition) is 7. The topological polar surface area (TPSA) is 126 Å². The van der Waals surface area contributed by atoms with Crippen molar-refractivity contribution in [3.63, 3.8) is 0 Å². The molecule has 0 unspecified atom stereocenters. The Labute approximate surface area is 227 Å². The van der Waals surface area contributed by atoms with Crippen molar-refractivity contribution in [1.29, 1.82) is 0 Å². The number of benzene rings is 2. The van der Waals surface area contributed by atoms with Crippen LogP contribution in [0.4, 0.5) is 0 Å². The molecule has 0 aromatic heterocycles. The molecule has 1 heterocycles. The molecule has 1 aliphatic rings. The van der Waals surface area contributed by atoms with Crippen LogP contribution in [-0.4, -0.2) is 79.6 Å². The highest BCUT2D eigenvalue weighted by atomic mass is 35.5. The van der Waals surface area contributed by atoms with Crippen LogP contribution >= 0.6 is 23.2 Å². The van der Waals surface area contributed by atoms with Crippen LogP contribution in [0.15, 0.2) is 46.4 Å². The summed E-state index contributed by atoms with van der Waals surface area (Å²) in [6.07, 6.45) is 0. The van der Waals surface area contributed by atoms with E-state index in [-0.39, 0.29) is 30.5 Å². The molecule has 0 fully saturated rings. The van der Waals surface area contributed by atoms with Crippen LogP contribution in [0, 0.1) is 0 Å². The second-order valence-corrected chi connectivity index (χ2v) is 11.1. The number of fused-ring (bicyclic) bond motifs is 1. The lowest BCUT2D eigenvalue weighted by Crippen LogP contribution is -2.31. The fourth-order valence-electron chi connectivity index (χ4n) is 4.03. The third-order valence-electron chi connectivity index (χ3n) is 5.77. The molecule has 3 rings (SSSR count). The van der Waals surface area contributed by atoms with Gasteiger partial charge in [0.2, 0.25) is 10.0 Å². The number of azide groups is 1. The highest BCUT2D eigenvalue weighted by molar-refractivity contribution is 7.89. The number of likely N-dealkylation sites (N-methyl/N-ethyl adjacent to an activating group) is 1. The number of hydrogen-bond donors (Lipinski definition) is 1. The third-order valence-corrected chi connectivity index (χ3v) is 7.80. The van der Waals surface area contributed by atoms with Crippen molar-refractivity contribution in [2.45, 2.75) is 17.4 Å². The van der Waals surface area contributed by atoms with Gasteiger partial charge >= 0.3 is 0 Å². The Balaban J connectivity index is 1.42. The fourth-order valence-corrected chi connectivity index (χ4v) is 5.62. The van der Waals surface area contributed by atoms with Crippen LogP contribution in [0.3, 0.4) is 0 Å². The Morgan fingerprint density at radius 3 is 2.38 bits per heavy atom. The number of sulfonamides is 1. The second-order valence-electron chi connectivity index (χ2n) is 8.46. The van der Waals surface area contributed by atoms with Crippen molar-refractivity contribution in [2.24, 2.45) is 5.11 Å². The van der Waals surface area contributed by atoms with Gasteiger partial charge < -0.3 is 19.1 Å². The van der Waals surface area contributed by atoms with Crippen LogP contribution in [0.5, 0.6) is 0 Å². The normalized spacial score (nSPS) is 15.8. The largest absolute Gasteiger partial charge is 0.379 e. The molecule has 0 radical (unpaired) electrons. The summed E-state index contributed by atoms with van der Waals surface area (Å²) < 4.78 is 43.9. The van der Waals surface area contributed by atoms with Gasteiger partial charge in [-0.2, -0.15) is 0 Å². The zero-order valence-corrected chi connectivity index (χ0v) is 22.9. The number of ether oxygens (including phenoxy) is 3. The van der Waals surface area contributed by atoms with E-state index in [1.807, 2.05) is 25.2 Å². The van der Waals surface area contributed by atoms with Gasteiger partial charge in [0.05, 0.1) is 44.5 Å². The SMILES string of the molecule is CN1Cc2c(Cl)cc(Cl)cc2[C@H](c2ccc(S(=O)(=O)NCCOCCOCCOCCN=[N+]=[N-])cc2)C1. The Bertz CT molecular complexity index is 1180. The first-order valence-electron chi connectivity index (χ1n) is 11.8. The summed E-state index contributed by atoms with van der Waals surface area (Å²) in [5.74, 6) is 0.0366. The Kier molecular flexibility index (Phi) is 11.9. The lowest BCUT2D eigenvalue weighted by atomic mass is 9.85. The second kappa shape index (κ2) is 14.9. The van der Waals surface area contributed by atoms with E-state index in [4.69, 9.17) is 42.9 Å². The minimum atomic E-state index is -3.67. The molecule has 1 N–H and O–H groups in total. The number of rotatable bonds is 15. The van der Waals surface area contributed by atoms with Gasteiger partial charge in [0.25, 0.3) is 0 Å². The van der Waals surface area contributed by atoms with Gasteiger partial charge in [0, 0.05) is 47.1 Å². The molecule has 0 bridgehead atoms. The Morgan fingerprint density at radius 1 is 1.05 bits per heavy atom. The average molecular weight is 573 g/mol. The molecule has 0 saturated heterocycles. The summed E-state index contributed by atoms with van der Waals surface area (Å²) in [5, 5.41) is 4.59. The van der Waals surface area contributed by atoms with Gasteiger partial charge in [-0.15, -0.1) is 0 Å². The van der Waals surface area contributed by atoms with Crippen molar-refractivity contribution >= 4 is 33.2 Å². The van der Waals surface area contributed by atoms with Gasteiger partial charge in [-0.1, -0.05) is 40.4 Å². The van der Waals surface area contributed by atoms with Gasteiger partial charge in [-0.25, -0.2) is 13.1 Å². The van der Waals surface area contributed by atoms with Crippen molar-refractivity contribution in [3.05, 3.63) is 73.6 Å². The van der Waals surface area contributed by atoms with E-state index < -0.39 is 10.0 Å². The number of halogens is 2. The standard InChI is InChI=1S/C24H31Cl2N5O5S/c1-31-16-22(21-14-19(25)15-24(26)23(21)17-31)18-2-4-20(5-3-18)37(32,33)29-7-9-35-11-13-36-12-10-34-8-6-28-30-27/h2-5,14-15,22,29H,6-13,16-17H2,1H3/t22-/m0/s1. The predicted molar refractivity (Wildman–Crippen MR) is 143 cm³/mol. The highest BCUT2D eigenvalue weighted by Crippen LogP contribution is 2.38. The third kappa shape index (κ3) is 9.10. The first-order valence-corrected chi connectivity index (χ1v) is 14.1. The van der Waals surface area contributed by atoms with E-state index in [9.17, 15) is 8.42 Å². The average Bonchev–Trinajstić information content (AvgIpc) is 2.87. The molecule has 2 aromatic carbocycles. The fraction of sp³-hybridized carbons (Fsp3) is 0.500. The number of nitrogens with one attached hydrogen (secondary N) is 1. The van der Waals surface area contributed by atoms with Crippen LogP contribution in [-0.2, 0) is 30.8 Å². The smallest absolute Gasteiger partial charge is 0.240 e. The van der Waals surface area contributed by atoms with Gasteiger partial charge in [0.1, 0.15) is 0 Å². The summed E-state index contributed by atoms with van der Waals surface area (Å²) in [4.78, 5) is 5.01. The van der Waals surface area contributed by atoms with E-state index in [1.165, 1.54) is 0 Å². The summed E-state index contributed by atoms with van der Waals surface area (Å²) in [6, 6.07) is 10.6. The van der Waals surface area contributed by atoms with E-state index in [2.05, 4.69) is 19.6 Å². The quantitative estimate of drug-likeness (QED) is 0.148. The molecule has 0 spiro atoms. The van der Waals surface area contributed by atoms with Gasteiger partial charge in [0.15, 0.2) is 0 Å². The molecule has 10 nitrogen and oxygen atoms in total. The maximum absolute atomic E-state index is 12.7. The summed E-state index contributed by atoms with van der Waals surface area (Å²) in [7, 11) is -1.64. The van der Waals surface area contributed by atoms with Crippen molar-refractivity contribution < 1.29 is 22.6 Å². The maximum Gasteiger partial charge on any atom is 0.240 e. The van der Waals surface area contributed by atoms with Crippen molar-refractivity contribution in [3.8, 4) is 0 Å². The molecule has 202 valence electrons. The first kappa shape index (κ1) is 29.6. The van der Waals surface area contributed by atoms with E-state index in [0.29, 0.717) is 43.1 Å². The van der Waals surface area contributed by atoms with Crippen molar-refractivity contribution in [2.75, 3.05) is 66.3 Å². The van der Waals surface area contributed by atoms with Crippen LogP contribution < -0.4 is 4.72 Å². The maximum atomic E-state index is 12.7.